The van der Waals surface area contributed by atoms with Crippen molar-refractivity contribution < 1.29 is 4.79 Å². The van der Waals surface area contributed by atoms with Crippen LogP contribution in [0.1, 0.15) is 52.9 Å². The van der Waals surface area contributed by atoms with Gasteiger partial charge in [0.05, 0.1) is 0 Å². The molecule has 1 fully saturated rings. The number of likely N-dealkylation sites (tertiary alicyclic amines) is 1. The zero-order valence-electron chi connectivity index (χ0n) is 13.6. The Balaban J connectivity index is 2.14. The first kappa shape index (κ1) is 17.4. The van der Waals surface area contributed by atoms with E-state index in [1.807, 2.05) is 0 Å². The fourth-order valence-electron chi connectivity index (χ4n) is 2.82. The van der Waals surface area contributed by atoms with Gasteiger partial charge < -0.3 is 16.0 Å². The maximum absolute atomic E-state index is 11.9. The molecule has 0 bridgehead atoms. The van der Waals surface area contributed by atoms with Crippen molar-refractivity contribution >= 4 is 5.91 Å². The van der Waals surface area contributed by atoms with Gasteiger partial charge in [0, 0.05) is 13.0 Å². The highest BCUT2D eigenvalue weighted by Crippen LogP contribution is 2.25. The van der Waals surface area contributed by atoms with Crippen molar-refractivity contribution in [3.8, 4) is 0 Å². The van der Waals surface area contributed by atoms with Crippen molar-refractivity contribution in [3.05, 3.63) is 0 Å². The van der Waals surface area contributed by atoms with Crippen molar-refractivity contribution in [1.29, 1.82) is 0 Å². The van der Waals surface area contributed by atoms with Crippen LogP contribution >= 0.6 is 0 Å². The van der Waals surface area contributed by atoms with Gasteiger partial charge in [-0.3, -0.25) is 4.79 Å². The van der Waals surface area contributed by atoms with Crippen molar-refractivity contribution in [2.24, 2.45) is 17.1 Å². The van der Waals surface area contributed by atoms with Crippen LogP contribution in [-0.4, -0.2) is 43.5 Å². The third-order valence-corrected chi connectivity index (χ3v) is 4.59. The zero-order chi connectivity index (χ0) is 15.0. The lowest BCUT2D eigenvalue weighted by molar-refractivity contribution is -0.121. The first-order valence-corrected chi connectivity index (χ1v) is 8.16. The molecule has 4 nitrogen and oxygen atoms in total. The van der Waals surface area contributed by atoms with Crippen LogP contribution in [0, 0.1) is 11.3 Å². The molecule has 0 spiro atoms. The molecule has 0 aromatic carbocycles. The summed E-state index contributed by atoms with van der Waals surface area (Å²) in [5, 5.41) is 3.11. The van der Waals surface area contributed by atoms with E-state index in [1.165, 1.54) is 25.9 Å². The van der Waals surface area contributed by atoms with E-state index in [1.54, 1.807) is 0 Å². The molecule has 0 aromatic heterocycles. The maximum Gasteiger partial charge on any atom is 0.220 e. The summed E-state index contributed by atoms with van der Waals surface area (Å²) < 4.78 is 0. The van der Waals surface area contributed by atoms with Gasteiger partial charge in [0.2, 0.25) is 5.91 Å². The molecule has 0 radical (unpaired) electrons. The van der Waals surface area contributed by atoms with Gasteiger partial charge in [-0.1, -0.05) is 20.8 Å². The summed E-state index contributed by atoms with van der Waals surface area (Å²) in [4.78, 5) is 14.4. The highest BCUT2D eigenvalue weighted by Gasteiger charge is 2.20. The first-order valence-electron chi connectivity index (χ1n) is 8.16. The molecular weight excluding hydrogens is 250 g/mol. The van der Waals surface area contributed by atoms with Crippen molar-refractivity contribution in [2.75, 3.05) is 32.7 Å². The Morgan fingerprint density at radius 1 is 1.30 bits per heavy atom. The number of carbonyl (C=O) groups is 1. The number of piperidine rings is 1. The van der Waals surface area contributed by atoms with E-state index in [-0.39, 0.29) is 11.3 Å². The molecule has 4 heteroatoms. The average molecular weight is 283 g/mol. The number of nitrogens with one attached hydrogen (secondary N) is 1. The van der Waals surface area contributed by atoms with Crippen LogP contribution in [0.15, 0.2) is 0 Å². The van der Waals surface area contributed by atoms with Gasteiger partial charge in [-0.25, -0.2) is 0 Å². The number of hydrogen-bond donors (Lipinski definition) is 2. The lowest BCUT2D eigenvalue weighted by atomic mass is 9.84. The summed E-state index contributed by atoms with van der Waals surface area (Å²) in [6, 6.07) is 0. The summed E-state index contributed by atoms with van der Waals surface area (Å²) in [6.07, 6.45) is 4.96. The molecule has 0 atom stereocenters. The number of hydrogen-bond acceptors (Lipinski definition) is 3. The Morgan fingerprint density at radius 2 is 1.95 bits per heavy atom. The normalized spacial score (nSPS) is 18.2. The minimum Gasteiger partial charge on any atom is -0.356 e. The van der Waals surface area contributed by atoms with E-state index < -0.39 is 0 Å². The van der Waals surface area contributed by atoms with E-state index in [0.717, 1.165) is 25.9 Å². The number of nitrogens with two attached hydrogens (primary N) is 1. The van der Waals surface area contributed by atoms with E-state index in [9.17, 15) is 4.79 Å². The van der Waals surface area contributed by atoms with Gasteiger partial charge in [0.15, 0.2) is 0 Å². The maximum atomic E-state index is 11.9. The van der Waals surface area contributed by atoms with Gasteiger partial charge >= 0.3 is 0 Å². The van der Waals surface area contributed by atoms with Crippen LogP contribution in [0.5, 0.6) is 0 Å². The third-order valence-electron chi connectivity index (χ3n) is 4.59. The molecule has 1 amide bonds. The van der Waals surface area contributed by atoms with Gasteiger partial charge in [-0.15, -0.1) is 0 Å². The van der Waals surface area contributed by atoms with Gasteiger partial charge in [-0.2, -0.15) is 0 Å². The van der Waals surface area contributed by atoms with Crippen LogP contribution in [0.25, 0.3) is 0 Å². The van der Waals surface area contributed by atoms with Crippen LogP contribution < -0.4 is 11.1 Å². The van der Waals surface area contributed by atoms with Crippen LogP contribution in [0.3, 0.4) is 0 Å². The van der Waals surface area contributed by atoms with Crippen molar-refractivity contribution in [2.45, 2.75) is 52.9 Å². The molecule has 1 aliphatic rings. The average Bonchev–Trinajstić information content (AvgIpc) is 2.43. The van der Waals surface area contributed by atoms with E-state index in [0.29, 0.717) is 18.9 Å². The SMILES string of the molecule is CCN1CCC(CNC(=O)CCC(C)(C)CCN)CC1. The van der Waals surface area contributed by atoms with Gasteiger partial charge in [0.1, 0.15) is 0 Å². The molecule has 20 heavy (non-hydrogen) atoms. The summed E-state index contributed by atoms with van der Waals surface area (Å²) in [5.74, 6) is 0.867. The number of carbonyl (C=O) groups excluding carboxylic acids is 1. The fourth-order valence-corrected chi connectivity index (χ4v) is 2.82. The minimum atomic E-state index is 0.179. The smallest absolute Gasteiger partial charge is 0.220 e. The van der Waals surface area contributed by atoms with Crippen molar-refractivity contribution in [3.63, 3.8) is 0 Å². The molecule has 0 saturated carbocycles. The summed E-state index contributed by atoms with van der Waals surface area (Å²) in [7, 11) is 0. The summed E-state index contributed by atoms with van der Waals surface area (Å²) in [6.45, 7) is 11.7. The van der Waals surface area contributed by atoms with E-state index in [2.05, 4.69) is 31.0 Å². The number of nitrogens with zero attached hydrogens (tertiary/aromatic N) is 1. The second-order valence-corrected chi connectivity index (χ2v) is 6.88. The molecule has 3 N–H and O–H groups in total. The van der Waals surface area contributed by atoms with Crippen molar-refractivity contribution in [1.82, 2.24) is 10.2 Å². The predicted molar refractivity (Wildman–Crippen MR) is 84.5 cm³/mol. The minimum absolute atomic E-state index is 0.179. The molecule has 1 rings (SSSR count). The number of amides is 1. The molecular formula is C16H33N3O. The fraction of sp³-hybridized carbons (Fsp3) is 0.938. The Labute approximate surface area is 124 Å². The molecule has 0 aliphatic carbocycles. The Hall–Kier alpha value is -0.610. The highest BCUT2D eigenvalue weighted by molar-refractivity contribution is 5.75. The molecule has 1 aliphatic heterocycles. The van der Waals surface area contributed by atoms with Crippen LogP contribution in [-0.2, 0) is 4.79 Å². The quantitative estimate of drug-likeness (QED) is 0.716. The second kappa shape index (κ2) is 8.63. The van der Waals surface area contributed by atoms with Gasteiger partial charge in [-0.05, 0) is 63.2 Å². The largest absolute Gasteiger partial charge is 0.356 e. The van der Waals surface area contributed by atoms with Gasteiger partial charge in [0.25, 0.3) is 0 Å². The molecule has 0 aromatic rings. The topological polar surface area (TPSA) is 58.4 Å². The predicted octanol–water partition coefficient (Wildman–Crippen LogP) is 1.99. The summed E-state index contributed by atoms with van der Waals surface area (Å²) >= 11 is 0. The Bertz CT molecular complexity index is 283. The highest BCUT2D eigenvalue weighted by atomic mass is 16.1. The second-order valence-electron chi connectivity index (χ2n) is 6.88. The lowest BCUT2D eigenvalue weighted by Gasteiger charge is -2.31. The van der Waals surface area contributed by atoms with Crippen LogP contribution in [0.4, 0.5) is 0 Å². The molecule has 1 saturated heterocycles. The monoisotopic (exact) mass is 283 g/mol. The molecule has 1 heterocycles. The van der Waals surface area contributed by atoms with E-state index in [4.69, 9.17) is 5.73 Å². The summed E-state index contributed by atoms with van der Waals surface area (Å²) in [5.41, 5.74) is 5.77. The third kappa shape index (κ3) is 6.71. The molecule has 0 unspecified atom stereocenters. The lowest BCUT2D eigenvalue weighted by Crippen LogP contribution is -2.38. The Morgan fingerprint density at radius 3 is 2.50 bits per heavy atom. The number of rotatable bonds is 8. The standard InChI is InChI=1S/C16H33N3O/c1-4-19-11-6-14(7-12-19)13-18-15(20)5-8-16(2,3)9-10-17/h14H,4-13,17H2,1-3H3,(H,18,20). The van der Waals surface area contributed by atoms with Crippen LogP contribution in [0.2, 0.25) is 0 Å². The zero-order valence-corrected chi connectivity index (χ0v) is 13.6. The Kier molecular flexibility index (Phi) is 7.52. The van der Waals surface area contributed by atoms with E-state index >= 15 is 0 Å². The first-order chi connectivity index (χ1) is 9.46. The molecule has 118 valence electrons.